The number of nitrogens with zero attached hydrogens (tertiary/aromatic N) is 3. The minimum Gasteiger partial charge on any atom is -0.497 e. The van der Waals surface area contributed by atoms with Gasteiger partial charge in [-0.3, -0.25) is 4.90 Å². The summed E-state index contributed by atoms with van der Waals surface area (Å²) in [5.74, 6) is 2.03. The van der Waals surface area contributed by atoms with Crippen molar-refractivity contribution in [3.05, 3.63) is 60.3 Å². The second kappa shape index (κ2) is 7.92. The maximum absolute atomic E-state index is 5.26. The zero-order chi connectivity index (χ0) is 17.8. The number of benzene rings is 1. The second-order valence-electron chi connectivity index (χ2n) is 7.10. The molecule has 4 rings (SSSR count). The van der Waals surface area contributed by atoms with Crippen molar-refractivity contribution in [2.24, 2.45) is 0 Å². The van der Waals surface area contributed by atoms with Crippen LogP contribution in [0.3, 0.4) is 0 Å². The van der Waals surface area contributed by atoms with Gasteiger partial charge in [-0.15, -0.1) is 0 Å². The Bertz CT molecular complexity index is 734. The van der Waals surface area contributed by atoms with Gasteiger partial charge >= 0.3 is 0 Å². The van der Waals surface area contributed by atoms with Crippen LogP contribution in [0.25, 0.3) is 5.57 Å². The van der Waals surface area contributed by atoms with Crippen LogP contribution in [0.4, 0.5) is 5.82 Å². The van der Waals surface area contributed by atoms with Crippen molar-refractivity contribution in [2.75, 3.05) is 38.2 Å². The molecule has 0 bridgehead atoms. The molecular formula is C22H27N3O. The van der Waals surface area contributed by atoms with Crippen molar-refractivity contribution in [3.63, 3.8) is 0 Å². The maximum Gasteiger partial charge on any atom is 0.128 e. The first-order valence-corrected chi connectivity index (χ1v) is 9.57. The molecule has 0 spiro atoms. The largest absolute Gasteiger partial charge is 0.497 e. The molecule has 4 heteroatoms. The fourth-order valence-electron chi connectivity index (χ4n) is 4.08. The Labute approximate surface area is 156 Å². The number of rotatable bonds is 4. The van der Waals surface area contributed by atoms with Crippen molar-refractivity contribution in [1.82, 2.24) is 9.88 Å². The fourth-order valence-corrected chi connectivity index (χ4v) is 4.08. The molecule has 1 saturated heterocycles. The van der Waals surface area contributed by atoms with Gasteiger partial charge < -0.3 is 9.64 Å². The maximum atomic E-state index is 5.26. The van der Waals surface area contributed by atoms with Gasteiger partial charge in [0.25, 0.3) is 0 Å². The SMILES string of the molecule is COc1ccc(C2=CCC(N3CCN(c4ccccn4)CC3)CC2)cc1. The van der Waals surface area contributed by atoms with Crippen LogP contribution < -0.4 is 9.64 Å². The molecule has 2 aromatic rings. The number of piperazine rings is 1. The van der Waals surface area contributed by atoms with Crippen LogP contribution in [0.15, 0.2) is 54.7 Å². The summed E-state index contributed by atoms with van der Waals surface area (Å²) in [6.45, 7) is 4.41. The highest BCUT2D eigenvalue weighted by Gasteiger charge is 2.26. The van der Waals surface area contributed by atoms with Crippen LogP contribution in [0, 0.1) is 0 Å². The van der Waals surface area contributed by atoms with Gasteiger partial charge in [0, 0.05) is 38.4 Å². The highest BCUT2D eigenvalue weighted by Crippen LogP contribution is 2.30. The monoisotopic (exact) mass is 349 g/mol. The number of hydrogen-bond acceptors (Lipinski definition) is 4. The average Bonchev–Trinajstić information content (AvgIpc) is 2.75. The van der Waals surface area contributed by atoms with Crippen LogP contribution in [0.2, 0.25) is 0 Å². The summed E-state index contributed by atoms with van der Waals surface area (Å²) in [7, 11) is 1.72. The smallest absolute Gasteiger partial charge is 0.128 e. The van der Waals surface area contributed by atoms with Gasteiger partial charge in [0.1, 0.15) is 11.6 Å². The van der Waals surface area contributed by atoms with Gasteiger partial charge in [-0.1, -0.05) is 24.3 Å². The highest BCUT2D eigenvalue weighted by atomic mass is 16.5. The normalized spacial score (nSPS) is 21.3. The van der Waals surface area contributed by atoms with Gasteiger partial charge in [-0.05, 0) is 54.7 Å². The molecule has 0 saturated carbocycles. The van der Waals surface area contributed by atoms with Gasteiger partial charge in [0.05, 0.1) is 7.11 Å². The van der Waals surface area contributed by atoms with Gasteiger partial charge in [-0.2, -0.15) is 0 Å². The first-order chi connectivity index (χ1) is 12.8. The van der Waals surface area contributed by atoms with Crippen LogP contribution in [-0.4, -0.2) is 49.2 Å². The predicted octanol–water partition coefficient (Wildman–Crippen LogP) is 3.85. The van der Waals surface area contributed by atoms with Crippen molar-refractivity contribution in [3.8, 4) is 5.75 Å². The third kappa shape index (κ3) is 3.75. The van der Waals surface area contributed by atoms with E-state index in [9.17, 15) is 0 Å². The summed E-state index contributed by atoms with van der Waals surface area (Å²) in [6.07, 6.45) is 7.90. The van der Waals surface area contributed by atoms with E-state index in [1.54, 1.807) is 7.11 Å². The lowest BCUT2D eigenvalue weighted by atomic mass is 9.89. The molecule has 0 radical (unpaired) electrons. The number of methoxy groups -OCH3 is 1. The van der Waals surface area contributed by atoms with Crippen molar-refractivity contribution >= 4 is 11.4 Å². The Hall–Kier alpha value is -2.33. The van der Waals surface area contributed by atoms with Gasteiger partial charge in [-0.25, -0.2) is 4.98 Å². The van der Waals surface area contributed by atoms with Crippen molar-refractivity contribution in [1.29, 1.82) is 0 Å². The molecular weight excluding hydrogens is 322 g/mol. The number of aromatic nitrogens is 1. The van der Waals surface area contributed by atoms with E-state index in [1.165, 1.54) is 17.6 Å². The molecule has 0 N–H and O–H groups in total. The Kier molecular flexibility index (Phi) is 5.21. The first kappa shape index (κ1) is 17.1. The predicted molar refractivity (Wildman–Crippen MR) is 107 cm³/mol. The highest BCUT2D eigenvalue weighted by molar-refractivity contribution is 5.66. The number of pyridine rings is 1. The van der Waals surface area contributed by atoms with Crippen LogP contribution >= 0.6 is 0 Å². The zero-order valence-corrected chi connectivity index (χ0v) is 15.5. The minimum absolute atomic E-state index is 0.683. The molecule has 136 valence electrons. The van der Waals surface area contributed by atoms with E-state index in [4.69, 9.17) is 4.74 Å². The quantitative estimate of drug-likeness (QED) is 0.838. The Balaban J connectivity index is 1.33. The molecule has 1 aromatic carbocycles. The molecule has 1 aliphatic carbocycles. The molecule has 4 nitrogen and oxygen atoms in total. The average molecular weight is 349 g/mol. The molecule has 26 heavy (non-hydrogen) atoms. The Morgan fingerprint density at radius 2 is 1.81 bits per heavy atom. The summed E-state index contributed by atoms with van der Waals surface area (Å²) < 4.78 is 5.26. The number of allylic oxidation sites excluding steroid dienone is 1. The summed E-state index contributed by atoms with van der Waals surface area (Å²) in [4.78, 5) is 9.55. The van der Waals surface area contributed by atoms with Gasteiger partial charge in [0.2, 0.25) is 0 Å². The van der Waals surface area contributed by atoms with E-state index in [0.29, 0.717) is 6.04 Å². The van der Waals surface area contributed by atoms with E-state index in [2.05, 4.69) is 57.3 Å². The van der Waals surface area contributed by atoms with Crippen LogP contribution in [0.1, 0.15) is 24.8 Å². The third-order valence-electron chi connectivity index (χ3n) is 5.65. The van der Waals surface area contributed by atoms with Crippen LogP contribution in [0.5, 0.6) is 5.75 Å². The molecule has 1 atom stereocenters. The molecule has 1 aromatic heterocycles. The van der Waals surface area contributed by atoms with E-state index in [1.807, 2.05) is 12.3 Å². The van der Waals surface area contributed by atoms with Gasteiger partial charge in [0.15, 0.2) is 0 Å². The Morgan fingerprint density at radius 3 is 2.42 bits per heavy atom. The summed E-state index contributed by atoms with van der Waals surface area (Å²) in [5, 5.41) is 0. The Morgan fingerprint density at radius 1 is 1.00 bits per heavy atom. The second-order valence-corrected chi connectivity index (χ2v) is 7.10. The fraction of sp³-hybridized carbons (Fsp3) is 0.409. The number of ether oxygens (including phenoxy) is 1. The van der Waals surface area contributed by atoms with Crippen molar-refractivity contribution < 1.29 is 4.74 Å². The number of anilines is 1. The lowest BCUT2D eigenvalue weighted by Crippen LogP contribution is -2.50. The molecule has 2 heterocycles. The zero-order valence-electron chi connectivity index (χ0n) is 15.5. The lowest BCUT2D eigenvalue weighted by molar-refractivity contribution is 0.175. The summed E-state index contributed by atoms with van der Waals surface area (Å²) in [5.41, 5.74) is 2.82. The van der Waals surface area contributed by atoms with E-state index in [0.717, 1.165) is 50.6 Å². The summed E-state index contributed by atoms with van der Waals surface area (Å²) in [6, 6.07) is 15.3. The minimum atomic E-state index is 0.683. The molecule has 1 fully saturated rings. The third-order valence-corrected chi connectivity index (χ3v) is 5.65. The van der Waals surface area contributed by atoms with E-state index in [-0.39, 0.29) is 0 Å². The molecule has 1 aliphatic heterocycles. The van der Waals surface area contributed by atoms with E-state index < -0.39 is 0 Å². The molecule has 1 unspecified atom stereocenters. The molecule has 2 aliphatic rings. The lowest BCUT2D eigenvalue weighted by Gasteiger charge is -2.40. The molecule has 0 amide bonds. The topological polar surface area (TPSA) is 28.6 Å². The van der Waals surface area contributed by atoms with E-state index >= 15 is 0 Å². The van der Waals surface area contributed by atoms with Crippen LogP contribution in [-0.2, 0) is 0 Å². The van der Waals surface area contributed by atoms with Crippen molar-refractivity contribution in [2.45, 2.75) is 25.3 Å². The first-order valence-electron chi connectivity index (χ1n) is 9.57. The standard InChI is InChI=1S/C22H27N3O/c1-26-21-11-7-19(8-12-21)18-5-9-20(10-6-18)24-14-16-25(17-15-24)22-4-2-3-13-23-22/h2-5,7-8,11-13,20H,6,9-10,14-17H2,1H3. The summed E-state index contributed by atoms with van der Waals surface area (Å²) >= 11 is 0. The number of hydrogen-bond donors (Lipinski definition) is 0.